The number of carbonyl (C=O) groups excluding carboxylic acids is 1. The molecule has 0 aromatic heterocycles. The Labute approximate surface area is 212 Å². The predicted octanol–water partition coefficient (Wildman–Crippen LogP) is 3.26. The molecule has 2 aliphatic rings. The fraction of sp³-hybridized carbons (Fsp3) is 0.913. The molecule has 0 radical (unpaired) electrons. The monoisotopic (exact) mass is 567 g/mol. The molecule has 1 heterocycles. The smallest absolute Gasteiger partial charge is 0.410 e. The van der Waals surface area contributed by atoms with Gasteiger partial charge in [0.05, 0.1) is 13.2 Å². The fourth-order valence-electron chi connectivity index (χ4n) is 3.77. The van der Waals surface area contributed by atoms with Crippen LogP contribution in [0.3, 0.4) is 0 Å². The molecule has 32 heavy (non-hydrogen) atoms. The molecule has 2 rings (SSSR count). The van der Waals surface area contributed by atoms with Gasteiger partial charge in [0.2, 0.25) is 0 Å². The van der Waals surface area contributed by atoms with Crippen molar-refractivity contribution in [2.75, 3.05) is 66.6 Å². The topological polar surface area (TPSA) is 69.6 Å². The second kappa shape index (κ2) is 14.5. The van der Waals surface area contributed by atoms with Crippen LogP contribution in [0.4, 0.5) is 4.79 Å². The molecule has 8 nitrogen and oxygen atoms in total. The van der Waals surface area contributed by atoms with Crippen LogP contribution in [0.25, 0.3) is 0 Å². The summed E-state index contributed by atoms with van der Waals surface area (Å²) in [6.07, 6.45) is 4.20. The third-order valence-electron chi connectivity index (χ3n) is 5.74. The molecule has 1 aliphatic heterocycles. The quantitative estimate of drug-likeness (QED) is 0.249. The molecule has 0 unspecified atom stereocenters. The number of carbonyl (C=O) groups is 1. The van der Waals surface area contributed by atoms with Gasteiger partial charge in [-0.25, -0.2) is 4.79 Å². The summed E-state index contributed by atoms with van der Waals surface area (Å²) in [6.45, 7) is 14.7. The van der Waals surface area contributed by atoms with Crippen molar-refractivity contribution < 1.29 is 14.3 Å². The Kier molecular flexibility index (Phi) is 13.2. The van der Waals surface area contributed by atoms with Gasteiger partial charge in [-0.3, -0.25) is 4.99 Å². The Hall–Kier alpha value is -0.810. The van der Waals surface area contributed by atoms with Gasteiger partial charge in [-0.05, 0) is 66.3 Å². The number of amides is 1. The van der Waals surface area contributed by atoms with Crippen LogP contribution in [0, 0.1) is 5.92 Å². The second-order valence-electron chi connectivity index (χ2n) is 9.83. The zero-order chi connectivity index (χ0) is 22.9. The number of ether oxygens (including phenoxy) is 2. The van der Waals surface area contributed by atoms with Gasteiger partial charge in [0.1, 0.15) is 5.60 Å². The van der Waals surface area contributed by atoms with E-state index in [9.17, 15) is 4.79 Å². The largest absolute Gasteiger partial charge is 0.444 e. The molecule has 9 heteroatoms. The third-order valence-corrected chi connectivity index (χ3v) is 5.74. The molecule has 0 aromatic rings. The molecule has 0 aromatic carbocycles. The van der Waals surface area contributed by atoms with Gasteiger partial charge in [-0.2, -0.15) is 0 Å². The van der Waals surface area contributed by atoms with Crippen LogP contribution in [0.1, 0.15) is 53.4 Å². The summed E-state index contributed by atoms with van der Waals surface area (Å²) in [5.74, 6) is 1.63. The first-order valence-electron chi connectivity index (χ1n) is 11.9. The lowest BCUT2D eigenvalue weighted by molar-refractivity contribution is 0.00928. The molecule has 1 saturated carbocycles. The van der Waals surface area contributed by atoms with Gasteiger partial charge in [-0.15, -0.1) is 24.0 Å². The Morgan fingerprint density at radius 1 is 1.16 bits per heavy atom. The van der Waals surface area contributed by atoms with Crippen molar-refractivity contribution >= 4 is 36.0 Å². The Morgan fingerprint density at radius 3 is 2.34 bits per heavy atom. The van der Waals surface area contributed by atoms with Gasteiger partial charge in [0.15, 0.2) is 5.96 Å². The lowest BCUT2D eigenvalue weighted by Crippen LogP contribution is -2.52. The average molecular weight is 568 g/mol. The Bertz CT molecular complexity index is 572. The van der Waals surface area contributed by atoms with Crippen LogP contribution in [-0.4, -0.2) is 105 Å². The van der Waals surface area contributed by atoms with Gasteiger partial charge < -0.3 is 29.5 Å². The summed E-state index contributed by atoms with van der Waals surface area (Å²) in [5, 5.41) is 3.44. The highest BCUT2D eigenvalue weighted by Gasteiger charge is 2.35. The number of piperidine rings is 1. The highest BCUT2D eigenvalue weighted by atomic mass is 127. The van der Waals surface area contributed by atoms with Gasteiger partial charge in [-0.1, -0.05) is 0 Å². The van der Waals surface area contributed by atoms with E-state index in [4.69, 9.17) is 14.5 Å². The Balaban J connectivity index is 0.00000512. The summed E-state index contributed by atoms with van der Waals surface area (Å²) < 4.78 is 10.9. The molecule has 0 spiro atoms. The van der Waals surface area contributed by atoms with E-state index in [0.717, 1.165) is 71.2 Å². The minimum absolute atomic E-state index is 0. The summed E-state index contributed by atoms with van der Waals surface area (Å²) >= 11 is 0. The first-order chi connectivity index (χ1) is 14.7. The van der Waals surface area contributed by atoms with Crippen LogP contribution in [0.15, 0.2) is 4.99 Å². The maximum Gasteiger partial charge on any atom is 0.410 e. The maximum absolute atomic E-state index is 12.9. The standard InChI is InChI=1S/C23H45N5O3.HI/c1-7-24-21(25-12-15-26(5)16-17-30-6)27-13-10-20(11-14-27)28(18-19-8-9-19)22(29)31-23(2,3)4;/h19-20H,7-18H2,1-6H3,(H,24,25);1H. The van der Waals surface area contributed by atoms with E-state index >= 15 is 0 Å². The predicted molar refractivity (Wildman–Crippen MR) is 141 cm³/mol. The molecule has 1 amide bonds. The van der Waals surface area contributed by atoms with E-state index < -0.39 is 5.60 Å². The van der Waals surface area contributed by atoms with Crippen LogP contribution in [0.2, 0.25) is 0 Å². The third kappa shape index (κ3) is 10.9. The van der Waals surface area contributed by atoms with Gasteiger partial charge in [0.25, 0.3) is 0 Å². The van der Waals surface area contributed by atoms with E-state index in [1.165, 1.54) is 12.8 Å². The van der Waals surface area contributed by atoms with Crippen molar-refractivity contribution in [3.63, 3.8) is 0 Å². The van der Waals surface area contributed by atoms with Crippen LogP contribution < -0.4 is 5.32 Å². The van der Waals surface area contributed by atoms with E-state index in [-0.39, 0.29) is 36.1 Å². The molecule has 0 bridgehead atoms. The van der Waals surface area contributed by atoms with Crippen molar-refractivity contribution in [1.82, 2.24) is 20.0 Å². The minimum Gasteiger partial charge on any atom is -0.444 e. The molecule has 188 valence electrons. The van der Waals surface area contributed by atoms with E-state index in [1.807, 2.05) is 25.7 Å². The zero-order valence-electron chi connectivity index (χ0n) is 21.1. The van der Waals surface area contributed by atoms with E-state index in [1.54, 1.807) is 7.11 Å². The highest BCUT2D eigenvalue weighted by Crippen LogP contribution is 2.32. The number of halogens is 1. The minimum atomic E-state index is -0.457. The molecular formula is C23H46IN5O3. The fourth-order valence-corrected chi connectivity index (χ4v) is 3.77. The number of likely N-dealkylation sites (tertiary alicyclic amines) is 1. The van der Waals surface area contributed by atoms with Crippen molar-refractivity contribution in [1.29, 1.82) is 0 Å². The lowest BCUT2D eigenvalue weighted by atomic mass is 10.0. The average Bonchev–Trinajstić information content (AvgIpc) is 3.53. The number of methoxy groups -OCH3 is 1. The number of hydrogen-bond donors (Lipinski definition) is 1. The van der Waals surface area contributed by atoms with E-state index in [0.29, 0.717) is 5.92 Å². The molecule has 1 N–H and O–H groups in total. The Morgan fingerprint density at radius 2 is 1.81 bits per heavy atom. The molecule has 1 saturated heterocycles. The number of nitrogens with one attached hydrogen (secondary N) is 1. The number of likely N-dealkylation sites (N-methyl/N-ethyl adjacent to an activating group) is 1. The summed E-state index contributed by atoms with van der Waals surface area (Å²) in [6, 6.07) is 0.245. The zero-order valence-corrected chi connectivity index (χ0v) is 23.4. The van der Waals surface area contributed by atoms with E-state index in [2.05, 4.69) is 29.1 Å². The number of aliphatic imine (C=N–C) groups is 1. The second-order valence-corrected chi connectivity index (χ2v) is 9.83. The van der Waals surface area contributed by atoms with Gasteiger partial charge in [0, 0.05) is 52.4 Å². The lowest BCUT2D eigenvalue weighted by Gasteiger charge is -2.40. The number of nitrogens with zero attached hydrogens (tertiary/aromatic N) is 4. The van der Waals surface area contributed by atoms with Crippen molar-refractivity contribution in [2.45, 2.75) is 65.0 Å². The van der Waals surface area contributed by atoms with Crippen LogP contribution >= 0.6 is 24.0 Å². The molecule has 1 aliphatic carbocycles. The highest BCUT2D eigenvalue weighted by molar-refractivity contribution is 14.0. The number of guanidine groups is 1. The maximum atomic E-state index is 12.9. The first-order valence-corrected chi connectivity index (χ1v) is 11.9. The first kappa shape index (κ1) is 29.2. The van der Waals surface area contributed by atoms with Crippen molar-refractivity contribution in [3.05, 3.63) is 0 Å². The number of rotatable bonds is 10. The van der Waals surface area contributed by atoms with Crippen LogP contribution in [0.5, 0.6) is 0 Å². The van der Waals surface area contributed by atoms with Crippen molar-refractivity contribution in [2.24, 2.45) is 10.9 Å². The SMILES string of the molecule is CCNC(=NCCN(C)CCOC)N1CCC(N(CC2CC2)C(=O)OC(C)(C)C)CC1.I. The van der Waals surface area contributed by atoms with Crippen LogP contribution in [-0.2, 0) is 9.47 Å². The summed E-state index contributed by atoms with van der Waals surface area (Å²) in [4.78, 5) is 24.3. The number of hydrogen-bond acceptors (Lipinski definition) is 5. The molecular weight excluding hydrogens is 521 g/mol. The molecule has 0 atom stereocenters. The van der Waals surface area contributed by atoms with Crippen molar-refractivity contribution in [3.8, 4) is 0 Å². The molecule has 2 fully saturated rings. The summed E-state index contributed by atoms with van der Waals surface area (Å²) in [5.41, 5.74) is -0.457. The normalized spacial score (nSPS) is 17.8. The van der Waals surface area contributed by atoms with Gasteiger partial charge >= 0.3 is 6.09 Å². The summed E-state index contributed by atoms with van der Waals surface area (Å²) in [7, 11) is 3.82.